The Hall–Kier alpha value is -4.30. The normalized spacial score (nSPS) is 11.3. The molecule has 5 aromatic carbocycles. The summed E-state index contributed by atoms with van der Waals surface area (Å²) < 4.78 is 0. The van der Waals surface area contributed by atoms with Crippen molar-refractivity contribution >= 4 is 17.1 Å². The molecule has 2 nitrogen and oxygen atoms in total. The molecule has 0 aliphatic rings. The maximum absolute atomic E-state index is 6.23. The Morgan fingerprint density at radius 1 is 0.611 bits per heavy atom. The first-order chi connectivity index (χ1) is 17.5. The summed E-state index contributed by atoms with van der Waals surface area (Å²) in [4.78, 5) is 0. The van der Waals surface area contributed by atoms with Gasteiger partial charge in [-0.15, -0.1) is 0 Å². The van der Waals surface area contributed by atoms with Crippen molar-refractivity contribution in [1.82, 2.24) is 0 Å². The molecule has 0 saturated heterocycles. The molecule has 5 aromatic rings. The molecule has 0 unspecified atom stereocenters. The minimum Gasteiger partial charge on any atom is -0.398 e. The molecular formula is C34H32N2. The lowest BCUT2D eigenvalue weighted by molar-refractivity contribution is 0.522. The van der Waals surface area contributed by atoms with Crippen molar-refractivity contribution in [3.05, 3.63) is 139 Å². The van der Waals surface area contributed by atoms with Crippen LogP contribution in [-0.4, -0.2) is 0 Å². The van der Waals surface area contributed by atoms with E-state index in [4.69, 9.17) is 5.73 Å². The Balaban J connectivity index is 1.34. The average molecular weight is 469 g/mol. The SMILES string of the molecule is CC(C)(Cc1cccc(-c2ccccc2N)c1)c1ccc(Nc2ccccc2-c2ccccc2)cc1. The third-order valence-corrected chi connectivity index (χ3v) is 6.80. The molecule has 0 aliphatic carbocycles. The maximum Gasteiger partial charge on any atom is 0.0463 e. The molecule has 0 bridgehead atoms. The van der Waals surface area contributed by atoms with Crippen LogP contribution in [0.2, 0.25) is 0 Å². The van der Waals surface area contributed by atoms with E-state index < -0.39 is 0 Å². The Kier molecular flexibility index (Phi) is 6.60. The van der Waals surface area contributed by atoms with E-state index in [1.807, 2.05) is 24.3 Å². The van der Waals surface area contributed by atoms with E-state index in [2.05, 4.69) is 122 Å². The summed E-state index contributed by atoms with van der Waals surface area (Å²) in [6.07, 6.45) is 0.942. The highest BCUT2D eigenvalue weighted by Crippen LogP contribution is 2.33. The summed E-state index contributed by atoms with van der Waals surface area (Å²) in [5, 5.41) is 3.62. The van der Waals surface area contributed by atoms with Gasteiger partial charge in [0, 0.05) is 28.2 Å². The molecule has 36 heavy (non-hydrogen) atoms. The lowest BCUT2D eigenvalue weighted by Gasteiger charge is -2.26. The van der Waals surface area contributed by atoms with Gasteiger partial charge in [0.15, 0.2) is 0 Å². The second kappa shape index (κ2) is 10.1. The molecule has 178 valence electrons. The number of nitrogen functional groups attached to an aromatic ring is 1. The molecule has 0 aromatic heterocycles. The summed E-state index contributed by atoms with van der Waals surface area (Å²) in [7, 11) is 0. The number of rotatable bonds is 7. The van der Waals surface area contributed by atoms with Crippen LogP contribution in [-0.2, 0) is 11.8 Å². The zero-order chi connectivity index (χ0) is 25.0. The fraction of sp³-hybridized carbons (Fsp3) is 0.118. The van der Waals surface area contributed by atoms with Crippen molar-refractivity contribution in [3.8, 4) is 22.3 Å². The van der Waals surface area contributed by atoms with Gasteiger partial charge in [-0.25, -0.2) is 0 Å². The van der Waals surface area contributed by atoms with Gasteiger partial charge in [-0.1, -0.05) is 117 Å². The van der Waals surface area contributed by atoms with E-state index >= 15 is 0 Å². The van der Waals surface area contributed by atoms with Crippen LogP contribution < -0.4 is 11.1 Å². The number of para-hydroxylation sites is 2. The van der Waals surface area contributed by atoms with Crippen molar-refractivity contribution in [2.24, 2.45) is 0 Å². The summed E-state index contributed by atoms with van der Waals surface area (Å²) in [5.74, 6) is 0. The summed E-state index contributed by atoms with van der Waals surface area (Å²) in [6, 6.07) is 44.6. The minimum atomic E-state index is -0.0126. The molecule has 5 rings (SSSR count). The predicted molar refractivity (Wildman–Crippen MR) is 155 cm³/mol. The van der Waals surface area contributed by atoms with Gasteiger partial charge in [-0.05, 0) is 58.4 Å². The Bertz CT molecular complexity index is 1450. The quantitative estimate of drug-likeness (QED) is 0.234. The van der Waals surface area contributed by atoms with Crippen LogP contribution in [0.15, 0.2) is 127 Å². The van der Waals surface area contributed by atoms with Gasteiger partial charge < -0.3 is 11.1 Å². The van der Waals surface area contributed by atoms with Crippen LogP contribution in [0, 0.1) is 0 Å². The van der Waals surface area contributed by atoms with Crippen LogP contribution in [0.25, 0.3) is 22.3 Å². The zero-order valence-corrected chi connectivity index (χ0v) is 20.9. The zero-order valence-electron chi connectivity index (χ0n) is 20.9. The van der Waals surface area contributed by atoms with Crippen molar-refractivity contribution in [3.63, 3.8) is 0 Å². The van der Waals surface area contributed by atoms with Crippen molar-refractivity contribution < 1.29 is 0 Å². The predicted octanol–water partition coefficient (Wildman–Crippen LogP) is 8.87. The highest BCUT2D eigenvalue weighted by atomic mass is 14.9. The number of benzene rings is 5. The van der Waals surface area contributed by atoms with E-state index in [9.17, 15) is 0 Å². The van der Waals surface area contributed by atoms with Crippen LogP contribution in [0.3, 0.4) is 0 Å². The number of anilines is 3. The molecule has 0 heterocycles. The van der Waals surface area contributed by atoms with Gasteiger partial charge in [0.2, 0.25) is 0 Å². The van der Waals surface area contributed by atoms with E-state index in [0.717, 1.165) is 34.6 Å². The smallest absolute Gasteiger partial charge is 0.0463 e. The van der Waals surface area contributed by atoms with Crippen LogP contribution in [0.5, 0.6) is 0 Å². The molecule has 0 spiro atoms. The van der Waals surface area contributed by atoms with Gasteiger partial charge in [0.25, 0.3) is 0 Å². The lowest BCUT2D eigenvalue weighted by Crippen LogP contribution is -2.20. The highest BCUT2D eigenvalue weighted by Gasteiger charge is 2.21. The molecule has 0 aliphatic heterocycles. The molecule has 0 saturated carbocycles. The first-order valence-electron chi connectivity index (χ1n) is 12.5. The number of hydrogen-bond acceptors (Lipinski definition) is 2. The number of nitrogens with one attached hydrogen (secondary N) is 1. The molecule has 2 heteroatoms. The highest BCUT2D eigenvalue weighted by molar-refractivity contribution is 5.81. The van der Waals surface area contributed by atoms with Gasteiger partial charge in [-0.3, -0.25) is 0 Å². The first kappa shape index (κ1) is 23.4. The monoisotopic (exact) mass is 468 g/mol. The third kappa shape index (κ3) is 5.18. The fourth-order valence-electron chi connectivity index (χ4n) is 4.84. The summed E-state index contributed by atoms with van der Waals surface area (Å²) in [5.41, 5.74) is 16.5. The summed E-state index contributed by atoms with van der Waals surface area (Å²) in [6.45, 7) is 4.62. The van der Waals surface area contributed by atoms with Crippen LogP contribution in [0.4, 0.5) is 17.1 Å². The Morgan fingerprint density at radius 3 is 2.00 bits per heavy atom. The molecule has 0 radical (unpaired) electrons. The van der Waals surface area contributed by atoms with Crippen molar-refractivity contribution in [2.75, 3.05) is 11.1 Å². The molecule has 0 atom stereocenters. The molecule has 0 amide bonds. The average Bonchev–Trinajstić information content (AvgIpc) is 2.90. The summed E-state index contributed by atoms with van der Waals surface area (Å²) >= 11 is 0. The Morgan fingerprint density at radius 2 is 1.25 bits per heavy atom. The van der Waals surface area contributed by atoms with E-state index in [1.165, 1.54) is 22.3 Å². The fourth-order valence-corrected chi connectivity index (χ4v) is 4.84. The van der Waals surface area contributed by atoms with Gasteiger partial charge in [0.1, 0.15) is 0 Å². The molecule has 0 fully saturated rings. The molecule has 3 N–H and O–H groups in total. The standard InChI is InChI=1S/C34H32N2/c1-34(2,24-25-11-10-14-27(23-25)30-15-6-8-17-32(30)35)28-19-21-29(22-20-28)36-33-18-9-7-16-31(33)26-12-4-3-5-13-26/h3-23,36H,24,35H2,1-2H3. The van der Waals surface area contributed by atoms with E-state index in [-0.39, 0.29) is 5.41 Å². The minimum absolute atomic E-state index is 0.0126. The Labute approximate surface area is 214 Å². The largest absolute Gasteiger partial charge is 0.398 e. The first-order valence-corrected chi connectivity index (χ1v) is 12.5. The van der Waals surface area contributed by atoms with E-state index in [0.29, 0.717) is 0 Å². The van der Waals surface area contributed by atoms with Crippen LogP contribution in [0.1, 0.15) is 25.0 Å². The third-order valence-electron chi connectivity index (χ3n) is 6.80. The van der Waals surface area contributed by atoms with Gasteiger partial charge in [0.05, 0.1) is 0 Å². The van der Waals surface area contributed by atoms with Crippen molar-refractivity contribution in [1.29, 1.82) is 0 Å². The van der Waals surface area contributed by atoms with Gasteiger partial charge in [-0.2, -0.15) is 0 Å². The van der Waals surface area contributed by atoms with Crippen LogP contribution >= 0.6 is 0 Å². The van der Waals surface area contributed by atoms with E-state index in [1.54, 1.807) is 0 Å². The second-order valence-corrected chi connectivity index (χ2v) is 9.96. The second-order valence-electron chi connectivity index (χ2n) is 9.96. The number of hydrogen-bond donors (Lipinski definition) is 2. The lowest BCUT2D eigenvalue weighted by atomic mass is 9.79. The molecular weight excluding hydrogens is 436 g/mol. The maximum atomic E-state index is 6.23. The van der Waals surface area contributed by atoms with Gasteiger partial charge >= 0.3 is 0 Å². The topological polar surface area (TPSA) is 38.0 Å². The van der Waals surface area contributed by atoms with Crippen molar-refractivity contribution in [2.45, 2.75) is 25.7 Å². The number of nitrogens with two attached hydrogens (primary N) is 1.